The van der Waals surface area contributed by atoms with Crippen molar-refractivity contribution in [3.8, 4) is 0 Å². The highest BCUT2D eigenvalue weighted by atomic mass is 32.2. The van der Waals surface area contributed by atoms with Crippen molar-refractivity contribution in [3.63, 3.8) is 0 Å². The number of hydrogen-bond acceptors (Lipinski definition) is 6. The molecule has 2 amide bonds. The summed E-state index contributed by atoms with van der Waals surface area (Å²) in [4.78, 5) is 41.3. The van der Waals surface area contributed by atoms with Crippen LogP contribution in [0.5, 0.6) is 0 Å². The highest BCUT2D eigenvalue weighted by Gasteiger charge is 2.42. The average Bonchev–Trinajstić information content (AvgIpc) is 3.13. The van der Waals surface area contributed by atoms with Gasteiger partial charge >= 0.3 is 5.97 Å². The summed E-state index contributed by atoms with van der Waals surface area (Å²) < 4.78 is 5.19. The number of thioether (sulfide) groups is 1. The number of nitrogens with zero attached hydrogens (tertiary/aromatic N) is 2. The predicted octanol–water partition coefficient (Wildman–Crippen LogP) is 3.75. The van der Waals surface area contributed by atoms with E-state index >= 15 is 0 Å². The van der Waals surface area contributed by atoms with Crippen LogP contribution >= 0.6 is 24.0 Å². The van der Waals surface area contributed by atoms with Crippen LogP contribution in [0.1, 0.15) is 45.1 Å². The lowest BCUT2D eigenvalue weighted by Gasteiger charge is -2.16. The minimum Gasteiger partial charge on any atom is -0.465 e. The Kier molecular flexibility index (Phi) is 7.08. The predicted molar refractivity (Wildman–Crippen MR) is 118 cm³/mol. The van der Waals surface area contributed by atoms with E-state index in [-0.39, 0.29) is 28.3 Å². The van der Waals surface area contributed by atoms with E-state index in [2.05, 4.69) is 6.92 Å². The molecule has 0 N–H and O–H groups in total. The maximum absolute atomic E-state index is 13.2. The molecule has 3 rings (SSSR count). The quantitative estimate of drug-likeness (QED) is 0.270. The Hall–Kier alpha value is -2.19. The number of fused-ring (bicyclic) bond motifs is 1. The van der Waals surface area contributed by atoms with Crippen LogP contribution in [-0.2, 0) is 19.1 Å². The summed E-state index contributed by atoms with van der Waals surface area (Å²) in [5, 5.41) is 0. The third-order valence-corrected chi connectivity index (χ3v) is 6.28. The summed E-state index contributed by atoms with van der Waals surface area (Å²) in [6, 6.07) is 7.50. The first-order valence-corrected chi connectivity index (χ1v) is 11.1. The number of ether oxygens (including phenoxy) is 1. The lowest BCUT2D eigenvalue weighted by atomic mass is 10.1. The number of para-hydroxylation sites is 1. The van der Waals surface area contributed by atoms with Crippen molar-refractivity contribution in [2.24, 2.45) is 0 Å². The molecule has 2 aliphatic heterocycles. The van der Waals surface area contributed by atoms with Gasteiger partial charge in [-0.1, -0.05) is 68.4 Å². The minimum atomic E-state index is -0.522. The van der Waals surface area contributed by atoms with Crippen LogP contribution < -0.4 is 4.90 Å². The maximum Gasteiger partial charge on any atom is 0.326 e. The number of anilines is 1. The van der Waals surface area contributed by atoms with Gasteiger partial charge < -0.3 is 9.64 Å². The van der Waals surface area contributed by atoms with Crippen LogP contribution in [0, 0.1) is 0 Å². The smallest absolute Gasteiger partial charge is 0.326 e. The number of amides is 2. The summed E-state index contributed by atoms with van der Waals surface area (Å²) in [6.07, 6.45) is 4.21. The van der Waals surface area contributed by atoms with Crippen molar-refractivity contribution in [1.82, 2.24) is 4.90 Å². The maximum atomic E-state index is 13.2. The number of hydrogen-bond donors (Lipinski definition) is 0. The Morgan fingerprint density at radius 2 is 1.83 bits per heavy atom. The van der Waals surface area contributed by atoms with Crippen LogP contribution in [0.4, 0.5) is 5.69 Å². The van der Waals surface area contributed by atoms with Gasteiger partial charge in [-0.05, 0) is 19.4 Å². The van der Waals surface area contributed by atoms with E-state index in [1.165, 1.54) is 4.90 Å². The number of thiocarbonyl (C=S) groups is 1. The highest BCUT2D eigenvalue weighted by molar-refractivity contribution is 8.26. The molecule has 154 valence electrons. The second-order valence-corrected chi connectivity index (χ2v) is 8.45. The fourth-order valence-corrected chi connectivity index (χ4v) is 4.77. The van der Waals surface area contributed by atoms with Crippen molar-refractivity contribution >= 4 is 57.3 Å². The van der Waals surface area contributed by atoms with Gasteiger partial charge in [0.2, 0.25) is 0 Å². The molecular weight excluding hydrogens is 408 g/mol. The first-order chi connectivity index (χ1) is 14.0. The van der Waals surface area contributed by atoms with E-state index in [0.717, 1.165) is 48.7 Å². The largest absolute Gasteiger partial charge is 0.465 e. The average molecular weight is 433 g/mol. The fourth-order valence-electron chi connectivity index (χ4n) is 3.44. The molecule has 2 heterocycles. The molecule has 1 saturated heterocycles. The molecule has 0 atom stereocenters. The lowest BCUT2D eigenvalue weighted by Crippen LogP contribution is -2.34. The SMILES string of the molecule is CCCCCCN1C(=O)C(=C2SC(=S)N(CC(=O)OCC)C2=O)c2ccccc21. The Bertz CT molecular complexity index is 881. The standard InChI is InChI=1S/C21H24N2O4S2/c1-3-5-6-9-12-22-15-11-8-7-10-14(15)17(19(22)25)18-20(26)23(21(28)29-18)13-16(24)27-4-2/h7-8,10-11H,3-6,9,12-13H2,1-2H3. The molecule has 1 aromatic rings. The molecule has 0 radical (unpaired) electrons. The zero-order valence-electron chi connectivity index (χ0n) is 16.6. The van der Waals surface area contributed by atoms with Crippen LogP contribution in [0.25, 0.3) is 5.57 Å². The highest BCUT2D eigenvalue weighted by Crippen LogP contribution is 2.44. The van der Waals surface area contributed by atoms with Gasteiger partial charge in [-0.15, -0.1) is 0 Å². The van der Waals surface area contributed by atoms with E-state index in [9.17, 15) is 14.4 Å². The second kappa shape index (κ2) is 9.54. The number of unbranched alkanes of at least 4 members (excludes halogenated alkanes) is 3. The Morgan fingerprint density at radius 3 is 2.55 bits per heavy atom. The molecule has 1 fully saturated rings. The Morgan fingerprint density at radius 1 is 1.07 bits per heavy atom. The van der Waals surface area contributed by atoms with E-state index in [4.69, 9.17) is 17.0 Å². The zero-order valence-corrected chi connectivity index (χ0v) is 18.2. The molecule has 8 heteroatoms. The summed E-state index contributed by atoms with van der Waals surface area (Å²) in [5.74, 6) is -1.12. The first-order valence-electron chi connectivity index (χ1n) is 9.84. The van der Waals surface area contributed by atoms with Gasteiger partial charge in [-0.3, -0.25) is 19.3 Å². The van der Waals surface area contributed by atoms with Crippen LogP contribution in [0.15, 0.2) is 29.2 Å². The molecule has 1 aromatic carbocycles. The van der Waals surface area contributed by atoms with Crippen LogP contribution in [0.2, 0.25) is 0 Å². The van der Waals surface area contributed by atoms with Crippen molar-refractivity contribution < 1.29 is 19.1 Å². The van der Waals surface area contributed by atoms with Gasteiger partial charge in [0.15, 0.2) is 0 Å². The zero-order chi connectivity index (χ0) is 21.0. The van der Waals surface area contributed by atoms with E-state index in [1.54, 1.807) is 11.8 Å². The molecule has 0 aliphatic carbocycles. The Labute approximate surface area is 180 Å². The molecular formula is C21H24N2O4S2. The van der Waals surface area contributed by atoms with Gasteiger partial charge in [-0.25, -0.2) is 0 Å². The molecule has 6 nitrogen and oxygen atoms in total. The number of carbonyl (C=O) groups excluding carboxylic acids is 3. The molecule has 0 bridgehead atoms. The van der Waals surface area contributed by atoms with E-state index < -0.39 is 11.9 Å². The van der Waals surface area contributed by atoms with Crippen molar-refractivity contribution in [1.29, 1.82) is 0 Å². The summed E-state index contributed by atoms with van der Waals surface area (Å²) in [6.45, 7) is 4.45. The van der Waals surface area contributed by atoms with Gasteiger partial charge in [0, 0.05) is 12.1 Å². The number of esters is 1. The van der Waals surface area contributed by atoms with Crippen LogP contribution in [-0.4, -0.2) is 46.7 Å². The summed E-state index contributed by atoms with van der Waals surface area (Å²) in [5.41, 5.74) is 1.93. The number of carbonyl (C=O) groups is 3. The van der Waals surface area contributed by atoms with Crippen molar-refractivity contribution in [3.05, 3.63) is 34.7 Å². The van der Waals surface area contributed by atoms with Crippen LogP contribution in [0.3, 0.4) is 0 Å². The third-order valence-electron chi connectivity index (χ3n) is 4.83. The summed E-state index contributed by atoms with van der Waals surface area (Å²) in [7, 11) is 0. The Balaban J connectivity index is 1.90. The summed E-state index contributed by atoms with van der Waals surface area (Å²) >= 11 is 6.37. The molecule has 0 saturated carbocycles. The molecule has 0 aromatic heterocycles. The van der Waals surface area contributed by atoms with Gasteiger partial charge in [0.05, 0.1) is 22.8 Å². The lowest BCUT2D eigenvalue weighted by molar-refractivity contribution is -0.145. The third kappa shape index (κ3) is 4.38. The van der Waals surface area contributed by atoms with E-state index in [1.807, 2.05) is 24.3 Å². The normalized spacial score (nSPS) is 18.6. The molecule has 0 spiro atoms. The van der Waals surface area contributed by atoms with Gasteiger partial charge in [-0.2, -0.15) is 0 Å². The monoisotopic (exact) mass is 432 g/mol. The second-order valence-electron chi connectivity index (χ2n) is 6.80. The van der Waals surface area contributed by atoms with Crippen molar-refractivity contribution in [2.45, 2.75) is 39.5 Å². The molecule has 0 unspecified atom stereocenters. The number of benzene rings is 1. The fraction of sp³-hybridized carbons (Fsp3) is 0.429. The first kappa shape index (κ1) is 21.5. The van der Waals surface area contributed by atoms with Gasteiger partial charge in [0.25, 0.3) is 11.8 Å². The number of rotatable bonds is 8. The van der Waals surface area contributed by atoms with Gasteiger partial charge in [0.1, 0.15) is 10.9 Å². The minimum absolute atomic E-state index is 0.181. The van der Waals surface area contributed by atoms with E-state index in [0.29, 0.717) is 12.1 Å². The molecule has 2 aliphatic rings. The van der Waals surface area contributed by atoms with Crippen molar-refractivity contribution in [2.75, 3.05) is 24.6 Å². The topological polar surface area (TPSA) is 66.9 Å². The molecule has 29 heavy (non-hydrogen) atoms.